The molecule has 0 spiro atoms. The second-order valence-corrected chi connectivity index (χ2v) is 13.6. The van der Waals surface area contributed by atoms with E-state index in [0.717, 1.165) is 0 Å². The van der Waals surface area contributed by atoms with Crippen LogP contribution in [0.15, 0.2) is 0 Å². The van der Waals surface area contributed by atoms with E-state index in [1.165, 1.54) is 0 Å². The number of hydrogen-bond acceptors (Lipinski definition) is 3. The quantitative estimate of drug-likeness (QED) is 0.541. The Morgan fingerprint density at radius 1 is 1.40 bits per heavy atom. The predicted molar refractivity (Wildman–Crippen MR) is 50.8 cm³/mol. The van der Waals surface area contributed by atoms with Gasteiger partial charge in [-0.1, -0.05) is 0 Å². The maximum absolute atomic E-state index is 5.61. The molecule has 60 valence electrons. The van der Waals surface area contributed by atoms with Crippen molar-refractivity contribution >= 4 is 36.4 Å². The molecule has 1 saturated heterocycles. The Hall–Kier alpha value is 0.748. The molecule has 0 N–H and O–H groups in total. The molecule has 0 aromatic heterocycles. The summed E-state index contributed by atoms with van der Waals surface area (Å²) in [6, 6.07) is 0. The lowest BCUT2D eigenvalue weighted by atomic mass is 11.9. The molecule has 7 heteroatoms. The molecule has 1 heterocycles. The Kier molecular flexibility index (Phi) is 3.49. The van der Waals surface area contributed by atoms with Crippen molar-refractivity contribution in [3.8, 4) is 0 Å². The molecule has 0 radical (unpaired) electrons. The summed E-state index contributed by atoms with van der Waals surface area (Å²) >= 11 is 0. The summed E-state index contributed by atoms with van der Waals surface area (Å²) in [5.41, 5.74) is 0. The number of hydrogen-bond donors (Lipinski definition) is 0. The van der Waals surface area contributed by atoms with Crippen LogP contribution in [0.3, 0.4) is 0 Å². The van der Waals surface area contributed by atoms with Crippen molar-refractivity contribution in [2.45, 2.75) is 19.6 Å². The smallest absolute Gasteiger partial charge is 0.306 e. The highest BCUT2D eigenvalue weighted by Gasteiger charge is 2.31. The summed E-state index contributed by atoms with van der Waals surface area (Å²) in [5.74, 6) is 0. The first-order valence-corrected chi connectivity index (χ1v) is 13.3. The Morgan fingerprint density at radius 2 is 2.00 bits per heavy atom. The van der Waals surface area contributed by atoms with E-state index in [1.807, 2.05) is 0 Å². The van der Waals surface area contributed by atoms with Gasteiger partial charge in [0.15, 0.2) is 18.3 Å². The standard InChI is InChI=1S/C3H14O3Si4/c1-8(2)4-7-10-5-9(3)6-10/h8-10H,7H2,1-3H3. The van der Waals surface area contributed by atoms with Crippen LogP contribution in [0.25, 0.3) is 0 Å². The van der Waals surface area contributed by atoms with Crippen LogP contribution >= 0.6 is 0 Å². The fourth-order valence-corrected chi connectivity index (χ4v) is 18.3. The van der Waals surface area contributed by atoms with Crippen LogP contribution in [-0.4, -0.2) is 36.4 Å². The van der Waals surface area contributed by atoms with Crippen molar-refractivity contribution in [2.75, 3.05) is 0 Å². The fraction of sp³-hybridized carbons (Fsp3) is 1.00. The summed E-state index contributed by atoms with van der Waals surface area (Å²) in [6.45, 7) is 6.46. The van der Waals surface area contributed by atoms with Gasteiger partial charge in [0.05, 0.1) is 0 Å². The lowest BCUT2D eigenvalue weighted by molar-refractivity contribution is 0.303. The van der Waals surface area contributed by atoms with Gasteiger partial charge in [-0.05, 0) is 19.6 Å². The van der Waals surface area contributed by atoms with Crippen LogP contribution < -0.4 is 0 Å². The minimum Gasteiger partial charge on any atom is -0.461 e. The van der Waals surface area contributed by atoms with Gasteiger partial charge in [-0.3, -0.25) is 0 Å². The van der Waals surface area contributed by atoms with Crippen LogP contribution in [0, 0.1) is 0 Å². The van der Waals surface area contributed by atoms with E-state index >= 15 is 0 Å². The van der Waals surface area contributed by atoms with Gasteiger partial charge >= 0.3 is 8.80 Å². The first kappa shape index (κ1) is 8.84. The van der Waals surface area contributed by atoms with Crippen molar-refractivity contribution < 1.29 is 12.3 Å². The molecule has 1 aliphatic heterocycles. The van der Waals surface area contributed by atoms with Gasteiger partial charge in [0.1, 0.15) is 0 Å². The van der Waals surface area contributed by atoms with Gasteiger partial charge < -0.3 is 12.3 Å². The van der Waals surface area contributed by atoms with E-state index < -0.39 is 27.1 Å². The predicted octanol–water partition coefficient (Wildman–Crippen LogP) is -1.32. The molecule has 0 bridgehead atoms. The van der Waals surface area contributed by atoms with Crippen molar-refractivity contribution in [2.24, 2.45) is 0 Å². The largest absolute Gasteiger partial charge is 0.461 e. The lowest BCUT2D eigenvalue weighted by Gasteiger charge is -2.32. The zero-order chi connectivity index (χ0) is 7.56. The third-order valence-corrected chi connectivity index (χ3v) is 16.5. The Morgan fingerprint density at radius 3 is 2.40 bits per heavy atom. The molecule has 10 heavy (non-hydrogen) atoms. The van der Waals surface area contributed by atoms with Crippen LogP contribution in [0.1, 0.15) is 0 Å². The van der Waals surface area contributed by atoms with Gasteiger partial charge in [0, 0.05) is 0 Å². The summed E-state index contributed by atoms with van der Waals surface area (Å²) < 4.78 is 16.6. The van der Waals surface area contributed by atoms with Crippen molar-refractivity contribution in [3.05, 3.63) is 0 Å². The van der Waals surface area contributed by atoms with Gasteiger partial charge in [-0.15, -0.1) is 0 Å². The molecule has 0 aliphatic carbocycles. The van der Waals surface area contributed by atoms with E-state index in [-0.39, 0.29) is 9.28 Å². The Bertz CT molecular complexity index is 104. The minimum atomic E-state index is -1.10. The average Bonchev–Trinajstić information content (AvgIpc) is 1.77. The lowest BCUT2D eigenvalue weighted by Crippen LogP contribution is -2.52. The summed E-state index contributed by atoms with van der Waals surface area (Å²) in [7, 11) is -3.30. The topological polar surface area (TPSA) is 27.7 Å². The molecular formula is C3H14O3Si4. The maximum atomic E-state index is 5.61. The highest BCUT2D eigenvalue weighted by Crippen LogP contribution is 2.06. The molecule has 0 unspecified atom stereocenters. The summed E-state index contributed by atoms with van der Waals surface area (Å²) in [6.07, 6.45) is 0. The molecular weight excluding hydrogens is 196 g/mol. The van der Waals surface area contributed by atoms with E-state index in [4.69, 9.17) is 12.3 Å². The monoisotopic (exact) mass is 210 g/mol. The van der Waals surface area contributed by atoms with Crippen LogP contribution in [0.4, 0.5) is 0 Å². The Balaban J connectivity index is 1.95. The van der Waals surface area contributed by atoms with Crippen LogP contribution in [-0.2, 0) is 12.3 Å². The van der Waals surface area contributed by atoms with E-state index in [0.29, 0.717) is 0 Å². The summed E-state index contributed by atoms with van der Waals surface area (Å²) in [4.78, 5) is 0. The maximum Gasteiger partial charge on any atom is 0.306 e. The molecule has 0 saturated carbocycles. The van der Waals surface area contributed by atoms with Gasteiger partial charge in [-0.2, -0.15) is 0 Å². The normalized spacial score (nSPS) is 33.6. The first-order chi connectivity index (χ1) is 4.68. The molecule has 0 atom stereocenters. The molecule has 0 aromatic carbocycles. The molecule has 1 fully saturated rings. The fourth-order valence-electron chi connectivity index (χ4n) is 0.787. The number of rotatable bonds is 3. The minimum absolute atomic E-state index is 0.366. The van der Waals surface area contributed by atoms with Crippen molar-refractivity contribution in [1.82, 2.24) is 0 Å². The third kappa shape index (κ3) is 2.78. The van der Waals surface area contributed by atoms with Crippen LogP contribution in [0.5, 0.6) is 0 Å². The van der Waals surface area contributed by atoms with E-state index in [1.54, 1.807) is 0 Å². The molecule has 0 aromatic rings. The van der Waals surface area contributed by atoms with E-state index in [2.05, 4.69) is 19.6 Å². The van der Waals surface area contributed by atoms with Gasteiger partial charge in [-0.25, -0.2) is 0 Å². The zero-order valence-electron chi connectivity index (χ0n) is 6.66. The van der Waals surface area contributed by atoms with Crippen molar-refractivity contribution in [1.29, 1.82) is 0 Å². The highest BCUT2D eigenvalue weighted by atomic mass is 29.2. The summed E-state index contributed by atoms with van der Waals surface area (Å²) in [5, 5.41) is 0. The molecule has 1 aliphatic rings. The molecule has 1 rings (SSSR count). The highest BCUT2D eigenvalue weighted by molar-refractivity contribution is 7.10. The Labute approximate surface area is 68.8 Å². The SMILES string of the molecule is C[SiH](C)O[SiH2][SiH]1O[SiH](C)O1. The van der Waals surface area contributed by atoms with Crippen molar-refractivity contribution in [3.63, 3.8) is 0 Å². The van der Waals surface area contributed by atoms with E-state index in [9.17, 15) is 0 Å². The zero-order valence-corrected chi connectivity index (χ0v) is 11.5. The second-order valence-electron chi connectivity index (χ2n) is 2.65. The average molecular weight is 210 g/mol. The third-order valence-electron chi connectivity index (χ3n) is 1.25. The second kappa shape index (κ2) is 3.95. The molecule has 0 amide bonds. The van der Waals surface area contributed by atoms with Gasteiger partial charge in [0.25, 0.3) is 9.28 Å². The van der Waals surface area contributed by atoms with Crippen LogP contribution in [0.2, 0.25) is 19.6 Å². The molecule has 3 nitrogen and oxygen atoms in total. The van der Waals surface area contributed by atoms with Gasteiger partial charge in [0.2, 0.25) is 0 Å². The first-order valence-electron chi connectivity index (χ1n) is 3.61.